The van der Waals surface area contributed by atoms with Crippen molar-refractivity contribution in [1.29, 1.82) is 0 Å². The van der Waals surface area contributed by atoms with Gasteiger partial charge in [-0.05, 0) is 25.7 Å². The van der Waals surface area contributed by atoms with Gasteiger partial charge in [0.25, 0.3) is 0 Å². The third-order valence-electron chi connectivity index (χ3n) is 2.83. The van der Waals surface area contributed by atoms with Crippen molar-refractivity contribution in [3.05, 3.63) is 0 Å². The first-order valence-electron chi connectivity index (χ1n) is 6.04. The smallest absolute Gasteiger partial charge is 0.748 e. The molecule has 4 nitrogen and oxygen atoms in total. The van der Waals surface area contributed by atoms with Gasteiger partial charge in [0.15, 0.2) is 0 Å². The summed E-state index contributed by atoms with van der Waals surface area (Å²) >= 11 is 0. The van der Waals surface area contributed by atoms with Crippen molar-refractivity contribution in [1.82, 2.24) is 0 Å². The van der Waals surface area contributed by atoms with Crippen LogP contribution < -0.4 is 51.4 Å². The molecule has 17 heavy (non-hydrogen) atoms. The first-order chi connectivity index (χ1) is 7.41. The molecule has 0 spiro atoms. The topological polar surface area (TPSA) is 77.4 Å². The summed E-state index contributed by atoms with van der Waals surface area (Å²) < 4.78 is 33.0. The van der Waals surface area contributed by atoms with E-state index in [4.69, 9.17) is 0 Å². The van der Waals surface area contributed by atoms with E-state index in [0.29, 0.717) is 19.3 Å². The van der Waals surface area contributed by atoms with Crippen molar-refractivity contribution < 1.29 is 69.5 Å². The van der Waals surface area contributed by atoms with Gasteiger partial charge in [0.1, 0.15) is 0 Å². The molecule has 0 aromatic carbocycles. The SMILES string of the molecule is CCCCCC(CCC(O)CC)S(=O)(=O)[O-].[K+]. The molecule has 0 aliphatic heterocycles. The Hall–Kier alpha value is 1.51. The van der Waals surface area contributed by atoms with Gasteiger partial charge in [-0.25, -0.2) is 8.42 Å². The maximum Gasteiger partial charge on any atom is 1.00 e. The van der Waals surface area contributed by atoms with Gasteiger partial charge in [-0.1, -0.05) is 33.1 Å². The maximum absolute atomic E-state index is 11.0. The molecule has 0 rings (SSSR count). The predicted molar refractivity (Wildman–Crippen MR) is 63.2 cm³/mol. The van der Waals surface area contributed by atoms with Crippen LogP contribution in [0.2, 0.25) is 0 Å². The van der Waals surface area contributed by atoms with Gasteiger partial charge in [0.2, 0.25) is 0 Å². The Balaban J connectivity index is 0. The van der Waals surface area contributed by atoms with E-state index in [-0.39, 0.29) is 57.8 Å². The Morgan fingerprint density at radius 3 is 2.12 bits per heavy atom. The number of aliphatic hydroxyl groups is 1. The molecule has 0 saturated heterocycles. The third-order valence-corrected chi connectivity index (χ3v) is 4.12. The monoisotopic (exact) mass is 290 g/mol. The summed E-state index contributed by atoms with van der Waals surface area (Å²) in [6.45, 7) is 3.87. The standard InChI is InChI=1S/C11H24O4S.K/c1-3-5-6-7-11(16(13,14)15)9-8-10(12)4-2;/h10-12H,3-9H2,1-2H3,(H,13,14,15);/q;+1/p-1. The fourth-order valence-electron chi connectivity index (χ4n) is 1.64. The number of hydrogen-bond acceptors (Lipinski definition) is 4. The summed E-state index contributed by atoms with van der Waals surface area (Å²) in [6, 6.07) is 0. The van der Waals surface area contributed by atoms with E-state index in [1.165, 1.54) is 0 Å². The molecule has 2 unspecified atom stereocenters. The summed E-state index contributed by atoms with van der Waals surface area (Å²) in [6.07, 6.45) is 3.93. The van der Waals surface area contributed by atoms with Crippen molar-refractivity contribution in [3.8, 4) is 0 Å². The van der Waals surface area contributed by atoms with E-state index in [1.54, 1.807) is 0 Å². The van der Waals surface area contributed by atoms with Gasteiger partial charge in [-0.2, -0.15) is 0 Å². The molecular formula is C11H23KO4S. The zero-order valence-electron chi connectivity index (χ0n) is 11.2. The summed E-state index contributed by atoms with van der Waals surface area (Å²) in [5.41, 5.74) is 0. The van der Waals surface area contributed by atoms with E-state index in [9.17, 15) is 18.1 Å². The molecule has 0 fully saturated rings. The molecule has 6 heteroatoms. The second-order valence-electron chi connectivity index (χ2n) is 4.25. The molecule has 0 aliphatic carbocycles. The van der Waals surface area contributed by atoms with Crippen LogP contribution >= 0.6 is 0 Å². The summed E-state index contributed by atoms with van der Waals surface area (Å²) in [5.74, 6) is 0. The zero-order valence-corrected chi connectivity index (χ0v) is 15.1. The largest absolute Gasteiger partial charge is 1.00 e. The quantitative estimate of drug-likeness (QED) is 0.337. The molecule has 0 heterocycles. The Morgan fingerprint density at radius 2 is 1.71 bits per heavy atom. The molecule has 1 N–H and O–H groups in total. The molecule has 0 bridgehead atoms. The summed E-state index contributed by atoms with van der Waals surface area (Å²) in [7, 11) is -4.21. The van der Waals surface area contributed by atoms with Gasteiger partial charge < -0.3 is 9.66 Å². The minimum absolute atomic E-state index is 0. The molecule has 0 aromatic rings. The molecule has 98 valence electrons. The molecule has 0 radical (unpaired) electrons. The fraction of sp³-hybridized carbons (Fsp3) is 1.00. The Bertz CT molecular complexity index is 267. The normalized spacial score (nSPS) is 15.1. The van der Waals surface area contributed by atoms with Gasteiger partial charge in [-0.15, -0.1) is 0 Å². The molecule has 0 amide bonds. The summed E-state index contributed by atoms with van der Waals surface area (Å²) in [5, 5.41) is 8.53. The van der Waals surface area contributed by atoms with Crippen LogP contribution in [0.5, 0.6) is 0 Å². The average molecular weight is 290 g/mol. The van der Waals surface area contributed by atoms with Crippen LogP contribution in [-0.4, -0.2) is 29.4 Å². The van der Waals surface area contributed by atoms with Crippen LogP contribution in [0, 0.1) is 0 Å². The van der Waals surface area contributed by atoms with Crippen LogP contribution in [-0.2, 0) is 10.1 Å². The second kappa shape index (κ2) is 11.3. The Labute approximate surface area is 148 Å². The van der Waals surface area contributed by atoms with Gasteiger partial charge in [-0.3, -0.25) is 0 Å². The molecule has 0 aromatic heterocycles. The van der Waals surface area contributed by atoms with E-state index in [0.717, 1.165) is 19.3 Å². The van der Waals surface area contributed by atoms with Crippen molar-refractivity contribution in [2.75, 3.05) is 0 Å². The van der Waals surface area contributed by atoms with Crippen LogP contribution in [0.1, 0.15) is 58.8 Å². The van der Waals surface area contributed by atoms with E-state index in [1.807, 2.05) is 13.8 Å². The molecule has 0 saturated carbocycles. The fourth-order valence-corrected chi connectivity index (χ4v) is 2.52. The van der Waals surface area contributed by atoms with E-state index >= 15 is 0 Å². The van der Waals surface area contributed by atoms with Gasteiger partial charge in [0.05, 0.1) is 16.2 Å². The first kappa shape index (κ1) is 20.8. The van der Waals surface area contributed by atoms with Crippen molar-refractivity contribution >= 4 is 10.1 Å². The van der Waals surface area contributed by atoms with E-state index in [2.05, 4.69) is 0 Å². The first-order valence-corrected chi connectivity index (χ1v) is 7.51. The van der Waals surface area contributed by atoms with Crippen LogP contribution in [0.15, 0.2) is 0 Å². The average Bonchev–Trinajstić information content (AvgIpc) is 2.20. The minimum Gasteiger partial charge on any atom is -0.748 e. The minimum atomic E-state index is -4.21. The predicted octanol–water partition coefficient (Wildman–Crippen LogP) is -0.964. The van der Waals surface area contributed by atoms with Gasteiger partial charge in [0, 0.05) is 5.25 Å². The number of hydrogen-bond donors (Lipinski definition) is 1. The summed E-state index contributed by atoms with van der Waals surface area (Å²) in [4.78, 5) is 0. The Morgan fingerprint density at radius 1 is 1.12 bits per heavy atom. The van der Waals surface area contributed by atoms with Crippen molar-refractivity contribution in [3.63, 3.8) is 0 Å². The molecule has 2 atom stereocenters. The third kappa shape index (κ3) is 11.1. The van der Waals surface area contributed by atoms with Crippen molar-refractivity contribution in [2.24, 2.45) is 0 Å². The van der Waals surface area contributed by atoms with Crippen LogP contribution in [0.25, 0.3) is 0 Å². The van der Waals surface area contributed by atoms with E-state index < -0.39 is 21.5 Å². The van der Waals surface area contributed by atoms with Gasteiger partial charge >= 0.3 is 51.4 Å². The zero-order chi connectivity index (χ0) is 12.6. The Kier molecular flexibility index (Phi) is 13.9. The van der Waals surface area contributed by atoms with Crippen LogP contribution in [0.4, 0.5) is 0 Å². The second-order valence-corrected chi connectivity index (χ2v) is 5.90. The number of unbranched alkanes of at least 4 members (excludes halogenated alkanes) is 2. The molecule has 0 aliphatic rings. The number of rotatable bonds is 9. The maximum atomic E-state index is 11.0. The van der Waals surface area contributed by atoms with Crippen LogP contribution in [0.3, 0.4) is 0 Å². The number of aliphatic hydroxyl groups excluding tert-OH is 1. The molecular weight excluding hydrogens is 267 g/mol. The van der Waals surface area contributed by atoms with Crippen molar-refractivity contribution in [2.45, 2.75) is 70.1 Å².